The lowest BCUT2D eigenvalue weighted by molar-refractivity contribution is 0.498. The Labute approximate surface area is 108 Å². The zero-order chi connectivity index (χ0) is 13.3. The summed E-state index contributed by atoms with van der Waals surface area (Å²) >= 11 is 0. The zero-order valence-corrected chi connectivity index (χ0v) is 12.6. The van der Waals surface area contributed by atoms with Crippen LogP contribution in [0.3, 0.4) is 0 Å². The molecule has 0 aromatic heterocycles. The lowest BCUT2D eigenvalue weighted by Gasteiger charge is -2.25. The zero-order valence-electron chi connectivity index (χ0n) is 12.6. The van der Waals surface area contributed by atoms with E-state index in [1.165, 1.54) is 11.1 Å². The molecule has 0 unspecified atom stereocenters. The third kappa shape index (κ3) is 3.87. The van der Waals surface area contributed by atoms with Gasteiger partial charge in [-0.2, -0.15) is 0 Å². The summed E-state index contributed by atoms with van der Waals surface area (Å²) in [4.78, 5) is 0. The molecule has 0 radical (unpaired) electrons. The van der Waals surface area contributed by atoms with Crippen LogP contribution in [-0.4, -0.2) is 0 Å². The Hall–Kier alpha value is -0.780. The van der Waals surface area contributed by atoms with Gasteiger partial charge >= 0.3 is 0 Å². The highest BCUT2D eigenvalue weighted by Crippen LogP contribution is 2.36. The first-order valence-corrected chi connectivity index (χ1v) is 6.77. The quantitative estimate of drug-likeness (QED) is 0.546. The number of hydrogen-bond acceptors (Lipinski definition) is 0. The van der Waals surface area contributed by atoms with Crippen molar-refractivity contribution in [2.24, 2.45) is 10.8 Å². The molecule has 0 fully saturated rings. The van der Waals surface area contributed by atoms with E-state index in [2.05, 4.69) is 66.7 Å². The van der Waals surface area contributed by atoms with Gasteiger partial charge in [0.25, 0.3) is 0 Å². The third-order valence-electron chi connectivity index (χ3n) is 3.44. The standard InChI is InChI=1S/C17H28/c1-8-13-9-10-14(16(2,3)4)12-15(11-13)17(5,6)7/h10-12H,8-9H2,1-7H3. The Balaban J connectivity index is 3.22. The van der Waals surface area contributed by atoms with Crippen molar-refractivity contribution in [2.75, 3.05) is 0 Å². The first kappa shape index (κ1) is 14.3. The van der Waals surface area contributed by atoms with Crippen molar-refractivity contribution in [3.05, 3.63) is 34.9 Å². The van der Waals surface area contributed by atoms with Gasteiger partial charge in [-0.3, -0.25) is 0 Å². The Kier molecular flexibility index (Phi) is 4.06. The Morgan fingerprint density at radius 1 is 0.882 bits per heavy atom. The second-order valence-electron chi connectivity index (χ2n) is 7.12. The normalized spacial score (nSPS) is 18.2. The van der Waals surface area contributed by atoms with Crippen LogP contribution in [0.15, 0.2) is 34.9 Å². The van der Waals surface area contributed by atoms with Crippen LogP contribution in [0, 0.1) is 10.8 Å². The van der Waals surface area contributed by atoms with Gasteiger partial charge in [0.1, 0.15) is 0 Å². The Morgan fingerprint density at radius 3 is 1.82 bits per heavy atom. The third-order valence-corrected chi connectivity index (χ3v) is 3.44. The van der Waals surface area contributed by atoms with E-state index < -0.39 is 0 Å². The lowest BCUT2D eigenvalue weighted by Crippen LogP contribution is -2.12. The van der Waals surface area contributed by atoms with Gasteiger partial charge in [0.2, 0.25) is 0 Å². The summed E-state index contributed by atoms with van der Waals surface area (Å²) in [5.74, 6) is 0. The maximum Gasteiger partial charge on any atom is -0.0130 e. The molecule has 0 bridgehead atoms. The Morgan fingerprint density at radius 2 is 1.41 bits per heavy atom. The molecule has 0 heterocycles. The Bertz CT molecular complexity index is 362. The minimum Gasteiger partial charge on any atom is -0.0767 e. The predicted molar refractivity (Wildman–Crippen MR) is 78.1 cm³/mol. The molecule has 0 saturated carbocycles. The van der Waals surface area contributed by atoms with Gasteiger partial charge in [0.15, 0.2) is 0 Å². The molecule has 0 spiro atoms. The van der Waals surface area contributed by atoms with Gasteiger partial charge in [-0.25, -0.2) is 0 Å². The van der Waals surface area contributed by atoms with Gasteiger partial charge in [0.05, 0.1) is 0 Å². The van der Waals surface area contributed by atoms with Crippen molar-refractivity contribution in [3.8, 4) is 0 Å². The molecule has 0 atom stereocenters. The van der Waals surface area contributed by atoms with E-state index in [0.717, 1.165) is 12.8 Å². The van der Waals surface area contributed by atoms with Crippen LogP contribution in [-0.2, 0) is 0 Å². The minimum atomic E-state index is 0.231. The average Bonchev–Trinajstić information content (AvgIpc) is 2.37. The molecule has 96 valence electrons. The van der Waals surface area contributed by atoms with Gasteiger partial charge in [0, 0.05) is 0 Å². The van der Waals surface area contributed by atoms with Gasteiger partial charge in [-0.05, 0) is 34.8 Å². The summed E-state index contributed by atoms with van der Waals surface area (Å²) in [6.07, 6.45) is 9.49. The first-order valence-electron chi connectivity index (χ1n) is 6.77. The van der Waals surface area contributed by atoms with E-state index in [9.17, 15) is 0 Å². The fourth-order valence-electron chi connectivity index (χ4n) is 1.99. The molecular weight excluding hydrogens is 204 g/mol. The SMILES string of the molecule is CCC1=CC(C(C)(C)C)=CC(C(C)(C)C)=CC1. The van der Waals surface area contributed by atoms with Crippen LogP contribution in [0.2, 0.25) is 0 Å². The molecule has 1 aliphatic rings. The predicted octanol–water partition coefficient (Wildman–Crippen LogP) is 5.67. The van der Waals surface area contributed by atoms with E-state index in [1.54, 1.807) is 5.57 Å². The molecule has 0 N–H and O–H groups in total. The summed E-state index contributed by atoms with van der Waals surface area (Å²) in [6, 6.07) is 0. The molecule has 1 rings (SSSR count). The van der Waals surface area contributed by atoms with Crippen LogP contribution in [0.5, 0.6) is 0 Å². The largest absolute Gasteiger partial charge is 0.0767 e. The molecule has 0 amide bonds. The van der Waals surface area contributed by atoms with E-state index in [0.29, 0.717) is 0 Å². The molecule has 0 aromatic rings. The monoisotopic (exact) mass is 232 g/mol. The summed E-state index contributed by atoms with van der Waals surface area (Å²) in [5, 5.41) is 0. The topological polar surface area (TPSA) is 0 Å². The van der Waals surface area contributed by atoms with Crippen LogP contribution in [0.1, 0.15) is 61.3 Å². The maximum absolute atomic E-state index is 2.41. The second kappa shape index (κ2) is 4.84. The fourth-order valence-corrected chi connectivity index (χ4v) is 1.99. The average molecular weight is 232 g/mol. The fraction of sp³-hybridized carbons (Fsp3) is 0.647. The smallest absolute Gasteiger partial charge is 0.0130 e. The number of rotatable bonds is 1. The van der Waals surface area contributed by atoms with Crippen molar-refractivity contribution >= 4 is 0 Å². The van der Waals surface area contributed by atoms with Crippen molar-refractivity contribution in [3.63, 3.8) is 0 Å². The summed E-state index contributed by atoms with van der Waals surface area (Å²) < 4.78 is 0. The molecule has 0 aliphatic heterocycles. The van der Waals surface area contributed by atoms with Crippen LogP contribution in [0.4, 0.5) is 0 Å². The highest BCUT2D eigenvalue weighted by Gasteiger charge is 2.22. The molecule has 0 aromatic carbocycles. The lowest BCUT2D eigenvalue weighted by atomic mass is 9.80. The van der Waals surface area contributed by atoms with E-state index in [-0.39, 0.29) is 10.8 Å². The van der Waals surface area contributed by atoms with Crippen molar-refractivity contribution < 1.29 is 0 Å². The van der Waals surface area contributed by atoms with Crippen LogP contribution in [0.25, 0.3) is 0 Å². The molecule has 0 heteroatoms. The highest BCUT2D eigenvalue weighted by molar-refractivity contribution is 5.41. The molecular formula is C17H28. The second-order valence-corrected chi connectivity index (χ2v) is 7.12. The summed E-state index contributed by atoms with van der Waals surface area (Å²) in [6.45, 7) is 16.0. The van der Waals surface area contributed by atoms with Gasteiger partial charge in [-0.1, -0.05) is 72.3 Å². The van der Waals surface area contributed by atoms with Crippen molar-refractivity contribution in [2.45, 2.75) is 61.3 Å². The number of hydrogen-bond donors (Lipinski definition) is 0. The van der Waals surface area contributed by atoms with E-state index in [1.807, 2.05) is 0 Å². The summed E-state index contributed by atoms with van der Waals surface area (Å²) in [5.41, 5.74) is 4.96. The van der Waals surface area contributed by atoms with Crippen molar-refractivity contribution in [1.82, 2.24) is 0 Å². The number of allylic oxidation sites excluding steroid dienone is 6. The molecule has 0 nitrogen and oxygen atoms in total. The molecule has 1 aliphatic carbocycles. The summed E-state index contributed by atoms with van der Waals surface area (Å²) in [7, 11) is 0. The first-order chi connectivity index (χ1) is 7.64. The van der Waals surface area contributed by atoms with E-state index in [4.69, 9.17) is 0 Å². The molecule has 17 heavy (non-hydrogen) atoms. The van der Waals surface area contributed by atoms with Gasteiger partial charge < -0.3 is 0 Å². The van der Waals surface area contributed by atoms with E-state index >= 15 is 0 Å². The van der Waals surface area contributed by atoms with Crippen LogP contribution >= 0.6 is 0 Å². The highest BCUT2D eigenvalue weighted by atomic mass is 14.3. The maximum atomic E-state index is 2.41. The molecule has 0 saturated heterocycles. The van der Waals surface area contributed by atoms with Crippen LogP contribution < -0.4 is 0 Å². The van der Waals surface area contributed by atoms with Gasteiger partial charge in [-0.15, -0.1) is 0 Å². The minimum absolute atomic E-state index is 0.231. The van der Waals surface area contributed by atoms with Crippen molar-refractivity contribution in [1.29, 1.82) is 0 Å².